The summed E-state index contributed by atoms with van der Waals surface area (Å²) < 4.78 is 6.48. The zero-order valence-corrected chi connectivity index (χ0v) is 28.8. The van der Waals surface area contributed by atoms with E-state index in [4.69, 9.17) is 19.4 Å². The van der Waals surface area contributed by atoms with Crippen molar-refractivity contribution in [2.24, 2.45) is 0 Å². The summed E-state index contributed by atoms with van der Waals surface area (Å²) >= 11 is 0. The van der Waals surface area contributed by atoms with Gasteiger partial charge in [-0.05, 0) is 63.2 Å². The Morgan fingerprint density at radius 3 is 1.50 bits per heavy atom. The number of aromatic nitrogens is 3. The van der Waals surface area contributed by atoms with Gasteiger partial charge in [-0.25, -0.2) is 15.0 Å². The van der Waals surface area contributed by atoms with Gasteiger partial charge >= 0.3 is 0 Å². The lowest BCUT2D eigenvalue weighted by molar-refractivity contribution is 0.660. The van der Waals surface area contributed by atoms with E-state index in [0.717, 1.165) is 49.8 Å². The highest BCUT2D eigenvalue weighted by atomic mass is 16.3. The van der Waals surface area contributed by atoms with Crippen LogP contribution in [0.2, 0.25) is 0 Å². The minimum absolute atomic E-state index is 0.231. The lowest BCUT2D eigenvalue weighted by Crippen LogP contribution is -2.15. The minimum atomic E-state index is -0.231. The highest BCUT2D eigenvalue weighted by molar-refractivity contribution is 6.10. The van der Waals surface area contributed by atoms with Crippen molar-refractivity contribution < 1.29 is 4.42 Å². The standard InChI is InChI=1S/C48H33N3O/c1-48(2)41-28-34(33-23-26-43-40(27-33)39-20-12-19-36(44(39)52-43)30-13-6-3-7-14-30)21-24-37(41)38-25-22-35(29-42(38)48)47-50-45(31-15-8-4-9-16-31)49-46(51-47)32-17-10-5-11-18-32/h3-29H,1-2H3. The molecule has 2 aromatic heterocycles. The molecule has 9 aromatic rings. The molecule has 0 spiro atoms. The van der Waals surface area contributed by atoms with Gasteiger partial charge in [-0.2, -0.15) is 0 Å². The summed E-state index contributed by atoms with van der Waals surface area (Å²) in [6, 6.07) is 57.3. The predicted molar refractivity (Wildman–Crippen MR) is 212 cm³/mol. The lowest BCUT2D eigenvalue weighted by Gasteiger charge is -2.22. The van der Waals surface area contributed by atoms with E-state index in [2.05, 4.69) is 111 Å². The average molecular weight is 668 g/mol. The Morgan fingerprint density at radius 2 is 0.885 bits per heavy atom. The van der Waals surface area contributed by atoms with E-state index < -0.39 is 0 Å². The third-order valence-electron chi connectivity index (χ3n) is 10.5. The summed E-state index contributed by atoms with van der Waals surface area (Å²) in [5, 5.41) is 2.25. The van der Waals surface area contributed by atoms with E-state index in [1.165, 1.54) is 33.4 Å². The fraction of sp³-hybridized carbons (Fsp3) is 0.0625. The molecule has 10 rings (SSSR count). The van der Waals surface area contributed by atoms with Crippen LogP contribution in [0.4, 0.5) is 0 Å². The Balaban J connectivity index is 1.04. The highest BCUT2D eigenvalue weighted by Crippen LogP contribution is 2.51. The molecule has 1 aliphatic carbocycles. The average Bonchev–Trinajstić information content (AvgIpc) is 3.69. The van der Waals surface area contributed by atoms with Crippen molar-refractivity contribution in [1.82, 2.24) is 15.0 Å². The van der Waals surface area contributed by atoms with E-state index in [0.29, 0.717) is 17.5 Å². The molecule has 0 saturated heterocycles. The van der Waals surface area contributed by atoms with Crippen LogP contribution in [0.25, 0.3) is 89.5 Å². The molecule has 4 nitrogen and oxygen atoms in total. The molecule has 2 heterocycles. The Morgan fingerprint density at radius 1 is 0.385 bits per heavy atom. The van der Waals surface area contributed by atoms with Crippen LogP contribution in [0.1, 0.15) is 25.0 Å². The molecule has 0 saturated carbocycles. The summed E-state index contributed by atoms with van der Waals surface area (Å²) in [4.78, 5) is 14.9. The monoisotopic (exact) mass is 667 g/mol. The lowest BCUT2D eigenvalue weighted by atomic mass is 9.81. The number of para-hydroxylation sites is 1. The Bertz CT molecular complexity index is 2750. The molecule has 0 fully saturated rings. The number of furan rings is 1. The van der Waals surface area contributed by atoms with Crippen LogP contribution in [0, 0.1) is 0 Å². The van der Waals surface area contributed by atoms with Gasteiger partial charge in [-0.3, -0.25) is 0 Å². The van der Waals surface area contributed by atoms with Crippen LogP contribution in [0.15, 0.2) is 168 Å². The first-order valence-electron chi connectivity index (χ1n) is 17.7. The van der Waals surface area contributed by atoms with E-state index >= 15 is 0 Å². The van der Waals surface area contributed by atoms with Gasteiger partial charge in [-0.15, -0.1) is 0 Å². The highest BCUT2D eigenvalue weighted by Gasteiger charge is 2.36. The van der Waals surface area contributed by atoms with Gasteiger partial charge in [0.25, 0.3) is 0 Å². The van der Waals surface area contributed by atoms with Gasteiger partial charge < -0.3 is 4.42 Å². The van der Waals surface area contributed by atoms with Crippen molar-refractivity contribution in [1.29, 1.82) is 0 Å². The summed E-state index contributed by atoms with van der Waals surface area (Å²) in [5.74, 6) is 1.99. The minimum Gasteiger partial charge on any atom is -0.455 e. The molecule has 52 heavy (non-hydrogen) atoms. The number of benzene rings is 7. The molecule has 0 amide bonds. The second-order valence-electron chi connectivity index (χ2n) is 14.0. The first-order valence-corrected chi connectivity index (χ1v) is 17.7. The normalized spacial score (nSPS) is 13.0. The van der Waals surface area contributed by atoms with Crippen molar-refractivity contribution in [2.45, 2.75) is 19.3 Å². The molecule has 0 atom stereocenters. The van der Waals surface area contributed by atoms with Crippen LogP contribution >= 0.6 is 0 Å². The molecule has 1 aliphatic rings. The maximum atomic E-state index is 6.48. The molecule has 0 radical (unpaired) electrons. The molecule has 246 valence electrons. The zero-order chi connectivity index (χ0) is 34.8. The Labute approximate surface area is 302 Å². The van der Waals surface area contributed by atoms with Crippen LogP contribution in [0.5, 0.6) is 0 Å². The number of hydrogen-bond acceptors (Lipinski definition) is 4. The van der Waals surface area contributed by atoms with Crippen LogP contribution in [-0.2, 0) is 5.41 Å². The van der Waals surface area contributed by atoms with Crippen molar-refractivity contribution in [2.75, 3.05) is 0 Å². The largest absolute Gasteiger partial charge is 0.455 e. The van der Waals surface area contributed by atoms with Crippen molar-refractivity contribution >= 4 is 21.9 Å². The van der Waals surface area contributed by atoms with Gasteiger partial charge in [0.15, 0.2) is 17.5 Å². The molecular weight excluding hydrogens is 635 g/mol. The van der Waals surface area contributed by atoms with Gasteiger partial charge in [0.1, 0.15) is 11.2 Å². The van der Waals surface area contributed by atoms with Crippen LogP contribution in [0.3, 0.4) is 0 Å². The molecule has 0 aliphatic heterocycles. The van der Waals surface area contributed by atoms with E-state index in [1.807, 2.05) is 66.7 Å². The summed E-state index contributed by atoms with van der Waals surface area (Å²) in [7, 11) is 0. The van der Waals surface area contributed by atoms with E-state index in [-0.39, 0.29) is 5.41 Å². The molecule has 0 N–H and O–H groups in total. The topological polar surface area (TPSA) is 51.8 Å². The third-order valence-corrected chi connectivity index (χ3v) is 10.5. The Kier molecular flexibility index (Phi) is 6.80. The maximum Gasteiger partial charge on any atom is 0.164 e. The summed E-state index contributed by atoms with van der Waals surface area (Å²) in [5.41, 5.74) is 14.2. The maximum absolute atomic E-state index is 6.48. The fourth-order valence-corrected chi connectivity index (χ4v) is 7.82. The second-order valence-corrected chi connectivity index (χ2v) is 14.0. The summed E-state index contributed by atoms with van der Waals surface area (Å²) in [6.07, 6.45) is 0. The summed E-state index contributed by atoms with van der Waals surface area (Å²) in [6.45, 7) is 4.64. The number of hydrogen-bond donors (Lipinski definition) is 0. The van der Waals surface area contributed by atoms with Gasteiger partial charge in [0, 0.05) is 38.4 Å². The Hall–Kier alpha value is -6.65. The molecule has 0 bridgehead atoms. The molecule has 0 unspecified atom stereocenters. The van der Waals surface area contributed by atoms with Crippen molar-refractivity contribution in [3.63, 3.8) is 0 Å². The molecule has 7 aromatic carbocycles. The predicted octanol–water partition coefficient (Wildman–Crippen LogP) is 12.4. The van der Waals surface area contributed by atoms with E-state index in [9.17, 15) is 0 Å². The van der Waals surface area contributed by atoms with E-state index in [1.54, 1.807) is 0 Å². The number of nitrogens with zero attached hydrogens (tertiary/aromatic N) is 3. The first-order chi connectivity index (χ1) is 25.5. The van der Waals surface area contributed by atoms with Gasteiger partial charge in [0.2, 0.25) is 0 Å². The van der Waals surface area contributed by atoms with Gasteiger partial charge in [0.05, 0.1) is 0 Å². The van der Waals surface area contributed by atoms with Gasteiger partial charge in [-0.1, -0.05) is 153 Å². The number of rotatable bonds is 5. The number of fused-ring (bicyclic) bond motifs is 6. The fourth-order valence-electron chi connectivity index (χ4n) is 7.82. The van der Waals surface area contributed by atoms with Crippen LogP contribution in [-0.4, -0.2) is 15.0 Å². The third kappa shape index (κ3) is 4.87. The second kappa shape index (κ2) is 11.7. The molecular formula is C48H33N3O. The van der Waals surface area contributed by atoms with Crippen molar-refractivity contribution in [3.05, 3.63) is 175 Å². The quantitative estimate of drug-likeness (QED) is 0.183. The first kappa shape index (κ1) is 30.2. The van der Waals surface area contributed by atoms with Crippen LogP contribution < -0.4 is 0 Å². The smallest absolute Gasteiger partial charge is 0.164 e. The van der Waals surface area contributed by atoms with Crippen molar-refractivity contribution in [3.8, 4) is 67.5 Å². The SMILES string of the molecule is CC1(C)c2cc(-c3ccc4oc5c(-c6ccccc6)cccc5c4c3)ccc2-c2ccc(-c3nc(-c4ccccc4)nc(-c4ccccc4)n3)cc21. The molecule has 4 heteroatoms. The zero-order valence-electron chi connectivity index (χ0n) is 28.8.